The number of quaternary nitrogens is 1. The predicted octanol–water partition coefficient (Wildman–Crippen LogP) is 2.93. The van der Waals surface area contributed by atoms with E-state index in [2.05, 4.69) is 39.8 Å². The van der Waals surface area contributed by atoms with E-state index in [-0.39, 0.29) is 29.3 Å². The first-order valence-electron chi connectivity index (χ1n) is 10.2. The molecule has 0 bridgehead atoms. The van der Waals surface area contributed by atoms with E-state index >= 15 is 0 Å². The number of ether oxygens (including phenoxy) is 1. The van der Waals surface area contributed by atoms with Gasteiger partial charge in [-0.3, -0.25) is 4.79 Å². The van der Waals surface area contributed by atoms with Crippen LogP contribution >= 0.6 is 0 Å². The molecule has 3 nitrogen and oxygen atoms in total. The van der Waals surface area contributed by atoms with Crippen molar-refractivity contribution in [2.75, 3.05) is 19.6 Å². The molecule has 2 saturated heterocycles. The predicted molar refractivity (Wildman–Crippen MR) is 99.2 cm³/mol. The Bertz CT molecular complexity index is 632. The number of likely N-dealkylation sites (tertiary alicyclic amines) is 1. The van der Waals surface area contributed by atoms with Crippen LogP contribution in [0.15, 0.2) is 23.3 Å². The molecule has 25 heavy (non-hydrogen) atoms. The molecule has 0 amide bonds. The SMILES string of the molecule is CC1=CCC[C@]2(C)C[C@H]3OC(=O)[C@@H](C[NH+]4CCCC(C)(C)C4)[C@H]3C=C12. The van der Waals surface area contributed by atoms with E-state index in [9.17, 15) is 4.79 Å². The zero-order valence-corrected chi connectivity index (χ0v) is 16.4. The summed E-state index contributed by atoms with van der Waals surface area (Å²) in [6.45, 7) is 12.7. The van der Waals surface area contributed by atoms with Crippen LogP contribution in [0.5, 0.6) is 0 Å². The maximum absolute atomic E-state index is 12.7. The molecule has 2 heterocycles. The molecule has 0 aromatic heterocycles. The fourth-order valence-corrected chi connectivity index (χ4v) is 6.02. The monoisotopic (exact) mass is 344 g/mol. The average molecular weight is 345 g/mol. The van der Waals surface area contributed by atoms with Gasteiger partial charge >= 0.3 is 5.97 Å². The number of nitrogens with one attached hydrogen (secondary N) is 1. The first kappa shape index (κ1) is 17.3. The number of hydrogen-bond acceptors (Lipinski definition) is 2. The molecule has 1 N–H and O–H groups in total. The van der Waals surface area contributed by atoms with Gasteiger partial charge in [-0.25, -0.2) is 0 Å². The fourth-order valence-electron chi connectivity index (χ4n) is 6.02. The van der Waals surface area contributed by atoms with Crippen molar-refractivity contribution >= 4 is 5.97 Å². The van der Waals surface area contributed by atoms with Gasteiger partial charge in [0.2, 0.25) is 0 Å². The minimum atomic E-state index is 0.0562. The van der Waals surface area contributed by atoms with Crippen molar-refractivity contribution in [2.45, 2.75) is 65.9 Å². The summed E-state index contributed by atoms with van der Waals surface area (Å²) in [7, 11) is 0. The van der Waals surface area contributed by atoms with Crippen molar-refractivity contribution in [3.8, 4) is 0 Å². The second-order valence-electron chi connectivity index (χ2n) is 10.1. The molecule has 138 valence electrons. The summed E-state index contributed by atoms with van der Waals surface area (Å²) < 4.78 is 5.90. The molecule has 2 fully saturated rings. The van der Waals surface area contributed by atoms with Crippen LogP contribution in [0.4, 0.5) is 0 Å². The molecule has 0 saturated carbocycles. The van der Waals surface area contributed by atoms with Gasteiger partial charge in [-0.15, -0.1) is 0 Å². The molecule has 0 aromatic carbocycles. The lowest BCUT2D eigenvalue weighted by atomic mass is 9.62. The molecular formula is C22H34NO2+. The summed E-state index contributed by atoms with van der Waals surface area (Å²) in [6.07, 6.45) is 10.9. The summed E-state index contributed by atoms with van der Waals surface area (Å²) in [6, 6.07) is 0. The highest BCUT2D eigenvalue weighted by Gasteiger charge is 2.52. The summed E-state index contributed by atoms with van der Waals surface area (Å²) in [5.74, 6) is 0.404. The number of carbonyl (C=O) groups is 1. The van der Waals surface area contributed by atoms with E-state index in [1.165, 1.54) is 43.5 Å². The first-order chi connectivity index (χ1) is 11.8. The Morgan fingerprint density at radius 3 is 2.84 bits per heavy atom. The Kier molecular flexibility index (Phi) is 4.14. The highest BCUT2D eigenvalue weighted by molar-refractivity contribution is 5.76. The van der Waals surface area contributed by atoms with Crippen molar-refractivity contribution in [3.63, 3.8) is 0 Å². The second kappa shape index (κ2) is 5.97. The van der Waals surface area contributed by atoms with E-state index in [1.54, 1.807) is 4.90 Å². The second-order valence-corrected chi connectivity index (χ2v) is 10.1. The normalized spacial score (nSPS) is 42.8. The fraction of sp³-hybridized carbons (Fsp3) is 0.773. The highest BCUT2D eigenvalue weighted by Crippen LogP contribution is 2.52. The van der Waals surface area contributed by atoms with Crippen LogP contribution in [0, 0.1) is 22.7 Å². The standard InChI is InChI=1S/C22H33NO2/c1-15-7-5-9-22(4)12-19-16(11-18(15)22)17(20(24)25-19)13-23-10-6-8-21(2,3)14-23/h7,11,16-17,19H,5-6,8-10,12-14H2,1-4H3/p+1/t16-,17+,19-,22-/m1/s1. The largest absolute Gasteiger partial charge is 0.461 e. The summed E-state index contributed by atoms with van der Waals surface area (Å²) in [4.78, 5) is 14.3. The van der Waals surface area contributed by atoms with Crippen LogP contribution in [0.1, 0.15) is 59.8 Å². The zero-order valence-electron chi connectivity index (χ0n) is 16.4. The van der Waals surface area contributed by atoms with Crippen molar-refractivity contribution < 1.29 is 14.4 Å². The van der Waals surface area contributed by atoms with Gasteiger partial charge in [-0.2, -0.15) is 0 Å². The Morgan fingerprint density at radius 1 is 1.28 bits per heavy atom. The van der Waals surface area contributed by atoms with Crippen molar-refractivity contribution in [3.05, 3.63) is 23.3 Å². The third kappa shape index (κ3) is 3.09. The van der Waals surface area contributed by atoms with Gasteiger partial charge in [0.25, 0.3) is 0 Å². The maximum atomic E-state index is 12.7. The molecule has 3 heteroatoms. The molecule has 0 spiro atoms. The van der Waals surface area contributed by atoms with Crippen LogP contribution in [0.3, 0.4) is 0 Å². The molecule has 2 aliphatic heterocycles. The van der Waals surface area contributed by atoms with E-state index in [0.29, 0.717) is 5.41 Å². The number of rotatable bonds is 2. The van der Waals surface area contributed by atoms with E-state index < -0.39 is 0 Å². The van der Waals surface area contributed by atoms with Crippen molar-refractivity contribution in [1.29, 1.82) is 0 Å². The zero-order chi connectivity index (χ0) is 17.8. The number of allylic oxidation sites excluding steroid dienone is 3. The lowest BCUT2D eigenvalue weighted by Crippen LogP contribution is -3.15. The van der Waals surface area contributed by atoms with Gasteiger partial charge in [0, 0.05) is 11.3 Å². The van der Waals surface area contributed by atoms with Gasteiger partial charge < -0.3 is 9.64 Å². The quantitative estimate of drug-likeness (QED) is 0.781. The number of carbonyl (C=O) groups excluding carboxylic acids is 1. The summed E-state index contributed by atoms with van der Waals surface area (Å²) in [5.41, 5.74) is 3.53. The number of piperidine rings is 1. The minimum Gasteiger partial charge on any atom is -0.461 e. The lowest BCUT2D eigenvalue weighted by molar-refractivity contribution is -0.914. The van der Waals surface area contributed by atoms with Crippen LogP contribution < -0.4 is 4.90 Å². The van der Waals surface area contributed by atoms with E-state index in [4.69, 9.17) is 4.74 Å². The van der Waals surface area contributed by atoms with Gasteiger partial charge in [0.1, 0.15) is 12.0 Å². The average Bonchev–Trinajstić information content (AvgIpc) is 2.79. The van der Waals surface area contributed by atoms with Crippen LogP contribution in [0.2, 0.25) is 0 Å². The number of esters is 1. The molecule has 0 radical (unpaired) electrons. The molecular weight excluding hydrogens is 310 g/mol. The van der Waals surface area contributed by atoms with Gasteiger partial charge in [-0.05, 0) is 50.0 Å². The van der Waals surface area contributed by atoms with E-state index in [1.807, 2.05) is 0 Å². The Balaban J connectivity index is 1.57. The minimum absolute atomic E-state index is 0.0562. The van der Waals surface area contributed by atoms with Crippen LogP contribution in [0.25, 0.3) is 0 Å². The van der Waals surface area contributed by atoms with Crippen LogP contribution in [-0.2, 0) is 9.53 Å². The van der Waals surface area contributed by atoms with Gasteiger partial charge in [-0.1, -0.05) is 38.5 Å². The Hall–Kier alpha value is -1.09. The molecule has 4 rings (SSSR count). The molecule has 1 unspecified atom stereocenters. The lowest BCUT2D eigenvalue weighted by Gasteiger charge is -2.43. The van der Waals surface area contributed by atoms with E-state index in [0.717, 1.165) is 19.4 Å². The smallest absolute Gasteiger partial charge is 0.315 e. The van der Waals surface area contributed by atoms with Crippen molar-refractivity contribution in [1.82, 2.24) is 0 Å². The Labute approximate surface area is 152 Å². The third-order valence-electron chi connectivity index (χ3n) is 7.32. The Morgan fingerprint density at radius 2 is 2.08 bits per heavy atom. The van der Waals surface area contributed by atoms with Crippen LogP contribution in [-0.4, -0.2) is 31.7 Å². The number of hydrogen-bond donors (Lipinski definition) is 1. The highest BCUT2D eigenvalue weighted by atomic mass is 16.6. The van der Waals surface area contributed by atoms with Crippen molar-refractivity contribution in [2.24, 2.45) is 22.7 Å². The first-order valence-corrected chi connectivity index (χ1v) is 10.2. The molecule has 4 aliphatic rings. The summed E-state index contributed by atoms with van der Waals surface area (Å²) in [5, 5.41) is 0. The van der Waals surface area contributed by atoms with Gasteiger partial charge in [0.15, 0.2) is 0 Å². The topological polar surface area (TPSA) is 30.7 Å². The maximum Gasteiger partial charge on any atom is 0.315 e. The molecule has 5 atom stereocenters. The molecule has 0 aromatic rings. The summed E-state index contributed by atoms with van der Waals surface area (Å²) >= 11 is 0. The molecule has 2 aliphatic carbocycles. The number of fused-ring (bicyclic) bond motifs is 2. The van der Waals surface area contributed by atoms with Gasteiger partial charge in [0.05, 0.1) is 19.6 Å². The third-order valence-corrected chi connectivity index (χ3v) is 7.32.